The van der Waals surface area contributed by atoms with Gasteiger partial charge in [0.25, 0.3) is 5.91 Å². The van der Waals surface area contributed by atoms with Crippen molar-refractivity contribution in [1.29, 1.82) is 0 Å². The van der Waals surface area contributed by atoms with E-state index >= 15 is 0 Å². The Labute approximate surface area is 196 Å². The van der Waals surface area contributed by atoms with Gasteiger partial charge in [0.15, 0.2) is 5.78 Å². The van der Waals surface area contributed by atoms with Gasteiger partial charge in [-0.05, 0) is 73.6 Å². The van der Waals surface area contributed by atoms with Crippen LogP contribution in [0.1, 0.15) is 54.1 Å². The lowest BCUT2D eigenvalue weighted by Crippen LogP contribution is -2.29. The molecule has 2 fully saturated rings. The molecule has 9 heteroatoms. The summed E-state index contributed by atoms with van der Waals surface area (Å²) in [6, 6.07) is 4.73. The molecule has 178 valence electrons. The van der Waals surface area contributed by atoms with Crippen LogP contribution < -0.4 is 10.6 Å². The van der Waals surface area contributed by atoms with Crippen molar-refractivity contribution in [2.45, 2.75) is 44.1 Å². The highest BCUT2D eigenvalue weighted by molar-refractivity contribution is 5.91. The number of ketones is 1. The zero-order valence-electron chi connectivity index (χ0n) is 18.7. The molecule has 0 spiro atoms. The van der Waals surface area contributed by atoms with Gasteiger partial charge in [0.05, 0.1) is 0 Å². The van der Waals surface area contributed by atoms with E-state index < -0.39 is 17.5 Å². The number of anilines is 1. The van der Waals surface area contributed by atoms with Crippen molar-refractivity contribution in [1.82, 2.24) is 9.97 Å². The lowest BCUT2D eigenvalue weighted by molar-refractivity contribution is -0.124. The molecule has 0 bridgehead atoms. The first-order valence-electron chi connectivity index (χ1n) is 11.8. The van der Waals surface area contributed by atoms with Crippen molar-refractivity contribution in [2.24, 2.45) is 28.5 Å². The van der Waals surface area contributed by atoms with Crippen LogP contribution in [0.15, 0.2) is 35.5 Å². The maximum absolute atomic E-state index is 13.6. The van der Waals surface area contributed by atoms with Gasteiger partial charge >= 0.3 is 0 Å². The fourth-order valence-corrected chi connectivity index (χ4v) is 5.80. The summed E-state index contributed by atoms with van der Waals surface area (Å²) in [4.78, 5) is 39.9. The molecule has 1 aromatic carbocycles. The van der Waals surface area contributed by atoms with Crippen LogP contribution in [0, 0.1) is 29.4 Å². The second-order valence-corrected chi connectivity index (χ2v) is 9.66. The minimum atomic E-state index is -0.581. The first-order valence-corrected chi connectivity index (χ1v) is 11.8. The minimum Gasteiger partial charge on any atom is -0.364 e. The Morgan fingerprint density at radius 3 is 2.41 bits per heavy atom. The molecule has 7 nitrogen and oxygen atoms in total. The smallest absolute Gasteiger partial charge is 0.267 e. The standard InChI is InChI=1S/C25H27F2N5O2/c26-19-9-15(10-20(27)11-19)14-1-2-21(29-5-3-14)23(33)16-7-17-12-32(13-18(17)8-16)25-30-6-4-22(31-25)24(28)34/h4-6,9-11,14,16-18,21H,1-3,7-8,12-13H2,(H2,28,34)/t14-,16?,17-,18+,21?/m0/s1. The second kappa shape index (κ2) is 9.19. The van der Waals surface area contributed by atoms with E-state index in [4.69, 9.17) is 5.73 Å². The van der Waals surface area contributed by atoms with Gasteiger partial charge in [0.2, 0.25) is 5.95 Å². The van der Waals surface area contributed by atoms with E-state index in [9.17, 15) is 18.4 Å². The van der Waals surface area contributed by atoms with Gasteiger partial charge in [0, 0.05) is 37.5 Å². The van der Waals surface area contributed by atoms with Crippen LogP contribution >= 0.6 is 0 Å². The molecule has 3 heterocycles. The minimum absolute atomic E-state index is 0.0275. The van der Waals surface area contributed by atoms with Crippen LogP contribution in [0.3, 0.4) is 0 Å². The predicted octanol–water partition coefficient (Wildman–Crippen LogP) is 3.29. The van der Waals surface area contributed by atoms with Gasteiger partial charge in [-0.3, -0.25) is 14.6 Å². The predicted molar refractivity (Wildman–Crippen MR) is 123 cm³/mol. The third-order valence-corrected chi connectivity index (χ3v) is 7.48. The molecule has 2 aromatic rings. The summed E-state index contributed by atoms with van der Waals surface area (Å²) in [5, 5.41) is 0. The number of carbonyl (C=O) groups is 2. The maximum Gasteiger partial charge on any atom is 0.267 e. The monoisotopic (exact) mass is 467 g/mol. The Kier molecular flexibility index (Phi) is 6.10. The molecule has 2 unspecified atom stereocenters. The SMILES string of the molecule is NC(=O)c1ccnc(N2C[C@H]3CC(C(=O)C4CC[C@H](c5cc(F)cc(F)c5)CC=N4)C[C@H]3C2)n1. The average Bonchev–Trinajstić information content (AvgIpc) is 3.28. The molecule has 3 aliphatic rings. The topological polar surface area (TPSA) is 102 Å². The number of halogens is 2. The summed E-state index contributed by atoms with van der Waals surface area (Å²) in [5.41, 5.74) is 6.15. The number of aliphatic imine (C=N–C) groups is 1. The van der Waals surface area contributed by atoms with E-state index in [0.717, 1.165) is 32.0 Å². The largest absolute Gasteiger partial charge is 0.364 e. The fourth-order valence-electron chi connectivity index (χ4n) is 5.80. The molecule has 1 saturated carbocycles. The quantitative estimate of drug-likeness (QED) is 0.727. The van der Waals surface area contributed by atoms with Gasteiger partial charge in [-0.1, -0.05) is 0 Å². The molecule has 1 saturated heterocycles. The summed E-state index contributed by atoms with van der Waals surface area (Å²) in [6.45, 7) is 1.50. The molecule has 0 radical (unpaired) electrons. The second-order valence-electron chi connectivity index (χ2n) is 9.66. The summed E-state index contributed by atoms with van der Waals surface area (Å²) in [6.07, 6.45) is 6.73. The van der Waals surface area contributed by atoms with Gasteiger partial charge in [-0.2, -0.15) is 0 Å². The zero-order valence-corrected chi connectivity index (χ0v) is 18.7. The van der Waals surface area contributed by atoms with E-state index in [-0.39, 0.29) is 29.4 Å². The van der Waals surface area contributed by atoms with Crippen molar-refractivity contribution in [3.8, 4) is 0 Å². The van der Waals surface area contributed by atoms with Crippen LogP contribution in [-0.4, -0.2) is 47.0 Å². The summed E-state index contributed by atoms with van der Waals surface area (Å²) in [7, 11) is 0. The highest BCUT2D eigenvalue weighted by Gasteiger charge is 2.45. The third kappa shape index (κ3) is 4.56. The van der Waals surface area contributed by atoms with Crippen LogP contribution in [0.4, 0.5) is 14.7 Å². The van der Waals surface area contributed by atoms with Crippen molar-refractivity contribution in [2.75, 3.05) is 18.0 Å². The average molecular weight is 468 g/mol. The number of Topliss-reactive ketones (excluding diaryl/α,β-unsaturated/α-hetero) is 1. The molecule has 2 aliphatic heterocycles. The third-order valence-electron chi connectivity index (χ3n) is 7.48. The number of nitrogens with zero attached hydrogens (tertiary/aromatic N) is 4. The number of amides is 1. The van der Waals surface area contributed by atoms with Gasteiger partial charge in [0.1, 0.15) is 23.4 Å². The lowest BCUT2D eigenvalue weighted by atomic mass is 9.88. The zero-order chi connectivity index (χ0) is 23.8. The first-order chi connectivity index (χ1) is 16.4. The normalized spacial score (nSPS) is 28.5. The van der Waals surface area contributed by atoms with Crippen LogP contribution in [0.5, 0.6) is 0 Å². The number of rotatable bonds is 5. The molecule has 5 atom stereocenters. The van der Waals surface area contributed by atoms with Crippen LogP contribution in [0.2, 0.25) is 0 Å². The Hall–Kier alpha value is -3.23. The number of carbonyl (C=O) groups excluding carboxylic acids is 2. The van der Waals surface area contributed by atoms with E-state index in [1.807, 2.05) is 0 Å². The van der Waals surface area contributed by atoms with Crippen molar-refractivity contribution in [3.63, 3.8) is 0 Å². The summed E-state index contributed by atoms with van der Waals surface area (Å²) < 4.78 is 27.3. The molecule has 2 N–H and O–H groups in total. The highest BCUT2D eigenvalue weighted by atomic mass is 19.1. The Bertz CT molecular complexity index is 1110. The van der Waals surface area contributed by atoms with Gasteiger partial charge < -0.3 is 10.6 Å². The summed E-state index contributed by atoms with van der Waals surface area (Å²) >= 11 is 0. The molecule has 5 rings (SSSR count). The number of fused-ring (bicyclic) bond motifs is 1. The van der Waals surface area contributed by atoms with Gasteiger partial charge in [-0.25, -0.2) is 18.7 Å². The lowest BCUT2D eigenvalue weighted by Gasteiger charge is -2.20. The maximum atomic E-state index is 13.6. The number of aromatic nitrogens is 2. The van der Waals surface area contributed by atoms with Gasteiger partial charge in [-0.15, -0.1) is 0 Å². The first kappa shape index (κ1) is 22.6. The van der Waals surface area contributed by atoms with Crippen molar-refractivity contribution < 1.29 is 18.4 Å². The molecule has 1 amide bonds. The van der Waals surface area contributed by atoms with E-state index in [1.54, 1.807) is 12.4 Å². The summed E-state index contributed by atoms with van der Waals surface area (Å²) in [5.74, 6) is -0.399. The molecule has 1 aromatic heterocycles. The highest BCUT2D eigenvalue weighted by Crippen LogP contribution is 2.43. The Balaban J connectivity index is 1.18. The number of benzene rings is 1. The Morgan fingerprint density at radius 1 is 1.03 bits per heavy atom. The molecular weight excluding hydrogens is 440 g/mol. The molecule has 34 heavy (non-hydrogen) atoms. The molecule has 1 aliphatic carbocycles. The van der Waals surface area contributed by atoms with Crippen molar-refractivity contribution >= 4 is 23.9 Å². The number of hydrogen-bond acceptors (Lipinski definition) is 6. The Morgan fingerprint density at radius 2 is 1.74 bits per heavy atom. The fraction of sp³-hybridized carbons (Fsp3) is 0.480. The number of hydrogen-bond donors (Lipinski definition) is 1. The number of primary amides is 1. The van der Waals surface area contributed by atoms with Crippen LogP contribution in [-0.2, 0) is 4.79 Å². The van der Waals surface area contributed by atoms with E-state index in [0.29, 0.717) is 42.6 Å². The van der Waals surface area contributed by atoms with Crippen molar-refractivity contribution in [3.05, 3.63) is 53.4 Å². The van der Waals surface area contributed by atoms with Crippen LogP contribution in [0.25, 0.3) is 0 Å². The number of nitrogens with two attached hydrogens (primary N) is 1. The van der Waals surface area contributed by atoms with E-state index in [2.05, 4.69) is 19.9 Å². The van der Waals surface area contributed by atoms with E-state index in [1.165, 1.54) is 18.2 Å². The molecular formula is C25H27F2N5O2.